The van der Waals surface area contributed by atoms with Crippen LogP contribution in [0.3, 0.4) is 0 Å². The maximum Gasteiger partial charge on any atom is 0.251 e. The molecule has 0 heterocycles. The summed E-state index contributed by atoms with van der Waals surface area (Å²) in [6.45, 7) is 3.69. The molecule has 0 radical (unpaired) electrons. The van der Waals surface area contributed by atoms with Crippen LogP contribution in [0.2, 0.25) is 0 Å². The van der Waals surface area contributed by atoms with E-state index in [-0.39, 0.29) is 18.3 Å². The Bertz CT molecular complexity index is 609. The third-order valence-electron chi connectivity index (χ3n) is 6.77. The van der Waals surface area contributed by atoms with Crippen LogP contribution in [0.4, 0.5) is 17.6 Å². The average molecular weight is 370 g/mol. The molecule has 0 saturated heterocycles. The van der Waals surface area contributed by atoms with Crippen molar-refractivity contribution in [2.45, 2.75) is 83.5 Å². The molecule has 0 aliphatic heterocycles. The highest BCUT2D eigenvalue weighted by Gasteiger charge is 2.43. The minimum absolute atomic E-state index is 0.000966. The Morgan fingerprint density at radius 2 is 1.50 bits per heavy atom. The second-order valence-corrected chi connectivity index (χ2v) is 8.74. The van der Waals surface area contributed by atoms with Crippen molar-refractivity contribution in [3.63, 3.8) is 0 Å². The average Bonchev–Trinajstić information content (AvgIpc) is 2.61. The molecule has 0 atom stereocenters. The van der Waals surface area contributed by atoms with Crippen LogP contribution < -0.4 is 0 Å². The maximum absolute atomic E-state index is 14.7. The SMILES string of the molecule is Cc1ccc(C2CCC(CC(F)(F)C3CCC(C)CC3)CC2)c(F)c1F. The van der Waals surface area contributed by atoms with Gasteiger partial charge in [-0.1, -0.05) is 31.9 Å². The van der Waals surface area contributed by atoms with Crippen molar-refractivity contribution in [2.75, 3.05) is 0 Å². The summed E-state index contributed by atoms with van der Waals surface area (Å²) in [6.07, 6.45) is 5.75. The van der Waals surface area contributed by atoms with Crippen LogP contribution in [0.25, 0.3) is 0 Å². The van der Waals surface area contributed by atoms with Crippen LogP contribution in [0.15, 0.2) is 12.1 Å². The fourth-order valence-electron chi connectivity index (χ4n) is 4.89. The molecule has 2 saturated carbocycles. The fraction of sp³-hybridized carbons (Fsp3) is 0.727. The second kappa shape index (κ2) is 7.90. The standard InChI is InChI=1S/C22H30F4/c1-14-3-10-18(11-4-14)22(25,26)13-16-6-8-17(9-7-16)19-12-5-15(2)20(23)21(19)24/h5,12,14,16-18H,3-4,6-11,13H2,1-2H3. The van der Waals surface area contributed by atoms with Crippen molar-refractivity contribution in [3.05, 3.63) is 34.9 Å². The van der Waals surface area contributed by atoms with E-state index in [0.717, 1.165) is 12.8 Å². The van der Waals surface area contributed by atoms with Gasteiger partial charge in [0.1, 0.15) is 0 Å². The summed E-state index contributed by atoms with van der Waals surface area (Å²) in [5, 5.41) is 0. The Balaban J connectivity index is 1.56. The first kappa shape index (κ1) is 19.7. The quantitative estimate of drug-likeness (QED) is 0.484. The van der Waals surface area contributed by atoms with E-state index in [0.29, 0.717) is 55.6 Å². The van der Waals surface area contributed by atoms with E-state index in [1.165, 1.54) is 0 Å². The molecule has 1 aromatic carbocycles. The first-order chi connectivity index (χ1) is 12.3. The van der Waals surface area contributed by atoms with E-state index in [4.69, 9.17) is 0 Å². The van der Waals surface area contributed by atoms with Gasteiger partial charge in [-0.2, -0.15) is 0 Å². The summed E-state index contributed by atoms with van der Waals surface area (Å²) in [6, 6.07) is 3.27. The second-order valence-electron chi connectivity index (χ2n) is 8.74. The summed E-state index contributed by atoms with van der Waals surface area (Å²) in [5.74, 6) is -4.07. The highest BCUT2D eigenvalue weighted by atomic mass is 19.3. The molecular weight excluding hydrogens is 340 g/mol. The summed E-state index contributed by atoms with van der Waals surface area (Å²) in [5.41, 5.74) is 0.723. The number of alkyl halides is 2. The molecule has 0 unspecified atom stereocenters. The maximum atomic E-state index is 14.7. The van der Waals surface area contributed by atoms with Crippen molar-refractivity contribution in [1.29, 1.82) is 0 Å². The van der Waals surface area contributed by atoms with Crippen LogP contribution in [-0.2, 0) is 0 Å². The third-order valence-corrected chi connectivity index (χ3v) is 6.77. The monoisotopic (exact) mass is 370 g/mol. The Hall–Kier alpha value is -1.06. The van der Waals surface area contributed by atoms with Gasteiger partial charge in [0.05, 0.1) is 0 Å². The van der Waals surface area contributed by atoms with E-state index in [1.54, 1.807) is 19.1 Å². The van der Waals surface area contributed by atoms with Crippen molar-refractivity contribution >= 4 is 0 Å². The zero-order chi connectivity index (χ0) is 18.9. The summed E-state index contributed by atoms with van der Waals surface area (Å²) >= 11 is 0. The number of halogens is 4. The normalized spacial score (nSPS) is 30.4. The van der Waals surface area contributed by atoms with E-state index >= 15 is 0 Å². The molecule has 2 aliphatic carbocycles. The molecule has 26 heavy (non-hydrogen) atoms. The number of benzene rings is 1. The fourth-order valence-corrected chi connectivity index (χ4v) is 4.89. The van der Waals surface area contributed by atoms with Gasteiger partial charge in [0.25, 0.3) is 5.92 Å². The lowest BCUT2D eigenvalue weighted by atomic mass is 9.73. The van der Waals surface area contributed by atoms with Gasteiger partial charge in [-0.3, -0.25) is 0 Å². The van der Waals surface area contributed by atoms with Crippen molar-refractivity contribution in [2.24, 2.45) is 17.8 Å². The molecule has 3 rings (SSSR count). The van der Waals surface area contributed by atoms with Gasteiger partial charge in [-0.25, -0.2) is 17.6 Å². The van der Waals surface area contributed by atoms with Crippen LogP contribution in [0.1, 0.15) is 81.8 Å². The molecule has 2 fully saturated rings. The van der Waals surface area contributed by atoms with E-state index in [9.17, 15) is 17.6 Å². The molecule has 0 amide bonds. The molecule has 0 spiro atoms. The number of hydrogen-bond acceptors (Lipinski definition) is 0. The van der Waals surface area contributed by atoms with Crippen molar-refractivity contribution in [3.8, 4) is 0 Å². The van der Waals surface area contributed by atoms with Gasteiger partial charge in [-0.15, -0.1) is 0 Å². The molecular formula is C22H30F4. The largest absolute Gasteiger partial charge is 0.251 e. The van der Waals surface area contributed by atoms with Crippen LogP contribution in [0.5, 0.6) is 0 Å². The first-order valence-electron chi connectivity index (χ1n) is 10.1. The topological polar surface area (TPSA) is 0 Å². The third kappa shape index (κ3) is 4.26. The molecule has 0 aromatic heterocycles. The Kier molecular flexibility index (Phi) is 5.98. The van der Waals surface area contributed by atoms with E-state index in [1.807, 2.05) is 0 Å². The van der Waals surface area contributed by atoms with Gasteiger partial charge < -0.3 is 0 Å². The van der Waals surface area contributed by atoms with Crippen LogP contribution in [-0.4, -0.2) is 5.92 Å². The summed E-state index contributed by atoms with van der Waals surface area (Å²) in [7, 11) is 0. The van der Waals surface area contributed by atoms with E-state index in [2.05, 4.69) is 6.92 Å². The van der Waals surface area contributed by atoms with Crippen molar-refractivity contribution in [1.82, 2.24) is 0 Å². The van der Waals surface area contributed by atoms with Gasteiger partial charge in [0.15, 0.2) is 11.6 Å². The predicted molar refractivity (Wildman–Crippen MR) is 96.5 cm³/mol. The Morgan fingerprint density at radius 1 is 0.885 bits per heavy atom. The molecule has 0 bridgehead atoms. The minimum atomic E-state index is -2.58. The smallest absolute Gasteiger partial charge is 0.207 e. The molecule has 146 valence electrons. The number of rotatable bonds is 4. The molecule has 2 aliphatic rings. The predicted octanol–water partition coefficient (Wildman–Crippen LogP) is 7.40. The zero-order valence-corrected chi connectivity index (χ0v) is 15.8. The number of aryl methyl sites for hydroxylation is 1. The van der Waals surface area contributed by atoms with Gasteiger partial charge in [-0.05, 0) is 74.3 Å². The highest BCUT2D eigenvalue weighted by molar-refractivity contribution is 5.28. The Morgan fingerprint density at radius 3 is 2.12 bits per heavy atom. The molecule has 4 heteroatoms. The zero-order valence-electron chi connectivity index (χ0n) is 15.8. The van der Waals surface area contributed by atoms with Crippen molar-refractivity contribution < 1.29 is 17.6 Å². The lowest BCUT2D eigenvalue weighted by molar-refractivity contribution is -0.0947. The Labute approximate surface area is 154 Å². The summed E-state index contributed by atoms with van der Waals surface area (Å²) in [4.78, 5) is 0. The van der Waals surface area contributed by atoms with Gasteiger partial charge in [0, 0.05) is 12.3 Å². The van der Waals surface area contributed by atoms with E-state index < -0.39 is 23.5 Å². The van der Waals surface area contributed by atoms with Crippen LogP contribution in [0, 0.1) is 36.3 Å². The lowest BCUT2D eigenvalue weighted by Gasteiger charge is -2.36. The minimum Gasteiger partial charge on any atom is -0.207 e. The number of hydrogen-bond donors (Lipinski definition) is 0. The highest BCUT2D eigenvalue weighted by Crippen LogP contribution is 2.46. The molecule has 1 aromatic rings. The van der Waals surface area contributed by atoms with Gasteiger partial charge >= 0.3 is 0 Å². The summed E-state index contributed by atoms with van der Waals surface area (Å²) < 4.78 is 57.4. The molecule has 0 N–H and O–H groups in total. The first-order valence-corrected chi connectivity index (χ1v) is 10.1. The van der Waals surface area contributed by atoms with Crippen LogP contribution >= 0.6 is 0 Å². The van der Waals surface area contributed by atoms with Gasteiger partial charge in [0.2, 0.25) is 0 Å². The lowest BCUT2D eigenvalue weighted by Crippen LogP contribution is -2.34. The molecule has 0 nitrogen and oxygen atoms in total.